The molecule has 0 radical (unpaired) electrons. The third kappa shape index (κ3) is 3.76. The van der Waals surface area contributed by atoms with Gasteiger partial charge in [-0.25, -0.2) is 0 Å². The average Bonchev–Trinajstić information content (AvgIpc) is 2.91. The molecule has 2 aliphatic heterocycles. The minimum absolute atomic E-state index is 0. The Balaban J connectivity index is 0.00000176. The second-order valence-electron chi connectivity index (χ2n) is 6.36. The van der Waals surface area contributed by atoms with Crippen molar-refractivity contribution in [2.45, 2.75) is 32.6 Å². The van der Waals surface area contributed by atoms with Crippen molar-refractivity contribution in [1.82, 2.24) is 5.32 Å². The summed E-state index contributed by atoms with van der Waals surface area (Å²) in [5.41, 5.74) is 2.25. The van der Waals surface area contributed by atoms with Crippen LogP contribution in [0.4, 0.5) is 5.69 Å². The van der Waals surface area contributed by atoms with Crippen LogP contribution in [-0.4, -0.2) is 25.5 Å². The highest BCUT2D eigenvalue weighted by molar-refractivity contribution is 6.31. The van der Waals surface area contributed by atoms with Crippen LogP contribution in [0.1, 0.15) is 31.7 Å². The molecule has 0 aromatic heterocycles. The van der Waals surface area contributed by atoms with Gasteiger partial charge in [-0.15, -0.1) is 12.4 Å². The van der Waals surface area contributed by atoms with Crippen LogP contribution < -0.4 is 10.2 Å². The zero-order valence-corrected chi connectivity index (χ0v) is 14.6. The van der Waals surface area contributed by atoms with Crippen LogP contribution in [0.15, 0.2) is 18.2 Å². The summed E-state index contributed by atoms with van der Waals surface area (Å²) in [6, 6.07) is 5.87. The molecular weight excluding hydrogens is 319 g/mol. The Labute approximate surface area is 143 Å². The number of carbonyl (C=O) groups is 1. The zero-order chi connectivity index (χ0) is 14.8. The molecule has 2 atom stereocenters. The molecule has 2 aliphatic rings. The fourth-order valence-corrected chi connectivity index (χ4v) is 3.69. The number of nitrogens with one attached hydrogen (secondary N) is 1. The molecule has 0 aliphatic carbocycles. The minimum atomic E-state index is 0. The number of halogens is 2. The van der Waals surface area contributed by atoms with Gasteiger partial charge in [-0.05, 0) is 61.9 Å². The first-order valence-corrected chi connectivity index (χ1v) is 8.32. The predicted molar refractivity (Wildman–Crippen MR) is 94.1 cm³/mol. The number of piperidine rings is 1. The monoisotopic (exact) mass is 342 g/mol. The van der Waals surface area contributed by atoms with Crippen molar-refractivity contribution in [1.29, 1.82) is 0 Å². The van der Waals surface area contributed by atoms with Gasteiger partial charge in [0.1, 0.15) is 0 Å². The Kier molecular flexibility index (Phi) is 6.13. The topological polar surface area (TPSA) is 32.3 Å². The highest BCUT2D eigenvalue weighted by Gasteiger charge is 2.28. The van der Waals surface area contributed by atoms with Gasteiger partial charge in [-0.1, -0.05) is 24.6 Å². The lowest BCUT2D eigenvalue weighted by molar-refractivity contribution is -0.119. The molecule has 1 aromatic carbocycles. The van der Waals surface area contributed by atoms with E-state index in [2.05, 4.69) is 12.2 Å². The molecule has 1 aromatic rings. The molecule has 0 spiro atoms. The Bertz CT molecular complexity index is 529. The van der Waals surface area contributed by atoms with Gasteiger partial charge >= 0.3 is 0 Å². The Hall–Kier alpha value is -0.770. The third-order valence-electron chi connectivity index (χ3n) is 4.88. The van der Waals surface area contributed by atoms with Gasteiger partial charge in [-0.2, -0.15) is 0 Å². The second kappa shape index (κ2) is 7.67. The smallest absolute Gasteiger partial charge is 0.227 e. The summed E-state index contributed by atoms with van der Waals surface area (Å²) in [7, 11) is 0. The number of benzene rings is 1. The van der Waals surface area contributed by atoms with Gasteiger partial charge in [0.05, 0.1) is 0 Å². The lowest BCUT2D eigenvalue weighted by Crippen LogP contribution is -2.36. The number of amides is 1. The van der Waals surface area contributed by atoms with E-state index >= 15 is 0 Å². The summed E-state index contributed by atoms with van der Waals surface area (Å²) >= 11 is 6.07. The van der Waals surface area contributed by atoms with E-state index in [4.69, 9.17) is 11.6 Å². The Morgan fingerprint density at radius 3 is 3.05 bits per heavy atom. The summed E-state index contributed by atoms with van der Waals surface area (Å²) in [6.45, 7) is 5.18. The van der Waals surface area contributed by atoms with Crippen LogP contribution in [0.5, 0.6) is 0 Å². The maximum absolute atomic E-state index is 12.6. The summed E-state index contributed by atoms with van der Waals surface area (Å²) in [5.74, 6) is 1.31. The van der Waals surface area contributed by atoms with Crippen molar-refractivity contribution in [3.8, 4) is 0 Å². The molecule has 2 heterocycles. The van der Waals surface area contributed by atoms with E-state index in [9.17, 15) is 4.79 Å². The van der Waals surface area contributed by atoms with Crippen molar-refractivity contribution in [2.24, 2.45) is 11.8 Å². The first-order chi connectivity index (χ1) is 10.1. The molecule has 3 nitrogen and oxygen atoms in total. The van der Waals surface area contributed by atoms with Crippen LogP contribution in [0, 0.1) is 11.8 Å². The molecule has 0 bridgehead atoms. The van der Waals surface area contributed by atoms with Crippen molar-refractivity contribution >= 4 is 35.6 Å². The highest BCUT2D eigenvalue weighted by atomic mass is 35.5. The third-order valence-corrected chi connectivity index (χ3v) is 5.12. The molecule has 1 amide bonds. The fraction of sp³-hybridized carbons (Fsp3) is 0.588. The van der Waals surface area contributed by atoms with Gasteiger partial charge in [0.25, 0.3) is 0 Å². The van der Waals surface area contributed by atoms with E-state index in [-0.39, 0.29) is 18.3 Å². The number of fused-ring (bicyclic) bond motifs is 1. The van der Waals surface area contributed by atoms with Crippen molar-refractivity contribution in [2.75, 3.05) is 24.5 Å². The number of hydrogen-bond donors (Lipinski definition) is 1. The van der Waals surface area contributed by atoms with E-state index in [0.29, 0.717) is 23.3 Å². The van der Waals surface area contributed by atoms with Gasteiger partial charge in [0, 0.05) is 23.7 Å². The van der Waals surface area contributed by atoms with Crippen LogP contribution in [0.2, 0.25) is 5.02 Å². The van der Waals surface area contributed by atoms with E-state index in [1.54, 1.807) is 0 Å². The van der Waals surface area contributed by atoms with Gasteiger partial charge in [0.2, 0.25) is 5.91 Å². The van der Waals surface area contributed by atoms with E-state index in [1.807, 2.05) is 23.1 Å². The maximum atomic E-state index is 12.6. The number of hydrogen-bond acceptors (Lipinski definition) is 2. The van der Waals surface area contributed by atoms with Crippen molar-refractivity contribution in [3.63, 3.8) is 0 Å². The summed E-state index contributed by atoms with van der Waals surface area (Å²) in [5, 5.41) is 4.15. The summed E-state index contributed by atoms with van der Waals surface area (Å²) < 4.78 is 0. The maximum Gasteiger partial charge on any atom is 0.227 e. The average molecular weight is 343 g/mol. The molecule has 2 unspecified atom stereocenters. The van der Waals surface area contributed by atoms with E-state index < -0.39 is 0 Å². The first kappa shape index (κ1) is 17.6. The normalized spacial score (nSPS) is 21.9. The molecule has 3 rings (SSSR count). The van der Waals surface area contributed by atoms with Crippen LogP contribution >= 0.6 is 24.0 Å². The van der Waals surface area contributed by atoms with Crippen molar-refractivity contribution < 1.29 is 4.79 Å². The molecular formula is C17H24Cl2N2O. The van der Waals surface area contributed by atoms with Crippen LogP contribution in [0.3, 0.4) is 0 Å². The SMILES string of the molecule is CC(CC(=O)N1CCc2ccc(Cl)cc21)C1CCCNC1.Cl. The van der Waals surface area contributed by atoms with Gasteiger partial charge in [-0.3, -0.25) is 4.79 Å². The standard InChI is InChI=1S/C17H23ClN2O.ClH/c1-12(14-3-2-7-19-11-14)9-17(21)20-8-6-13-4-5-15(18)10-16(13)20;/h4-5,10,12,14,19H,2-3,6-9,11H2,1H3;1H. The van der Waals surface area contributed by atoms with Crippen LogP contribution in [-0.2, 0) is 11.2 Å². The molecule has 1 fully saturated rings. The molecule has 1 N–H and O–H groups in total. The van der Waals surface area contributed by atoms with Crippen LogP contribution in [0.25, 0.3) is 0 Å². The number of nitrogens with zero attached hydrogens (tertiary/aromatic N) is 1. The largest absolute Gasteiger partial charge is 0.316 e. The summed E-state index contributed by atoms with van der Waals surface area (Å²) in [6.07, 6.45) is 4.05. The fourth-order valence-electron chi connectivity index (χ4n) is 3.53. The van der Waals surface area contributed by atoms with E-state index in [1.165, 1.54) is 18.4 Å². The van der Waals surface area contributed by atoms with Gasteiger partial charge in [0.15, 0.2) is 0 Å². The quantitative estimate of drug-likeness (QED) is 0.908. The molecule has 0 saturated carbocycles. The number of anilines is 1. The minimum Gasteiger partial charge on any atom is -0.316 e. The lowest BCUT2D eigenvalue weighted by atomic mass is 9.85. The second-order valence-corrected chi connectivity index (χ2v) is 6.79. The summed E-state index contributed by atoms with van der Waals surface area (Å²) in [4.78, 5) is 14.6. The number of rotatable bonds is 3. The zero-order valence-electron chi connectivity index (χ0n) is 13.0. The predicted octanol–water partition coefficient (Wildman–Crippen LogP) is 3.68. The number of carbonyl (C=O) groups excluding carboxylic acids is 1. The highest BCUT2D eigenvalue weighted by Crippen LogP contribution is 2.32. The molecule has 122 valence electrons. The Morgan fingerprint density at radius 1 is 1.50 bits per heavy atom. The van der Waals surface area contributed by atoms with E-state index in [0.717, 1.165) is 31.7 Å². The molecule has 22 heavy (non-hydrogen) atoms. The van der Waals surface area contributed by atoms with Crippen molar-refractivity contribution in [3.05, 3.63) is 28.8 Å². The lowest BCUT2D eigenvalue weighted by Gasteiger charge is -2.29. The van der Waals surface area contributed by atoms with Gasteiger partial charge < -0.3 is 10.2 Å². The molecule has 1 saturated heterocycles. The Morgan fingerprint density at radius 2 is 2.32 bits per heavy atom. The first-order valence-electron chi connectivity index (χ1n) is 7.94. The molecule has 5 heteroatoms.